The summed E-state index contributed by atoms with van der Waals surface area (Å²) in [7, 11) is 1.60. The number of aromatic nitrogens is 1. The lowest BCUT2D eigenvalue weighted by Gasteiger charge is -2.07. The highest BCUT2D eigenvalue weighted by molar-refractivity contribution is 7.17. The molecule has 0 saturated heterocycles. The van der Waals surface area contributed by atoms with Crippen molar-refractivity contribution < 1.29 is 9.53 Å². The number of amides is 1. The molecule has 0 unspecified atom stereocenters. The lowest BCUT2D eigenvalue weighted by molar-refractivity contribution is 0.103. The summed E-state index contributed by atoms with van der Waals surface area (Å²) in [6, 6.07) is 27.0. The molecule has 4 aromatic rings. The van der Waals surface area contributed by atoms with E-state index in [1.807, 2.05) is 78.9 Å². The predicted molar refractivity (Wildman–Crippen MR) is 114 cm³/mol. The predicted octanol–water partition coefficient (Wildman–Crippen LogP) is 5.74. The zero-order chi connectivity index (χ0) is 19.3. The maximum atomic E-state index is 13.1. The Morgan fingerprint density at radius 3 is 2.25 bits per heavy atom. The molecule has 1 aromatic heterocycles. The van der Waals surface area contributed by atoms with Gasteiger partial charge < -0.3 is 10.1 Å². The van der Waals surface area contributed by atoms with E-state index in [4.69, 9.17) is 9.72 Å². The minimum atomic E-state index is -0.188. The number of anilines is 1. The van der Waals surface area contributed by atoms with E-state index >= 15 is 0 Å². The van der Waals surface area contributed by atoms with Gasteiger partial charge >= 0.3 is 0 Å². The van der Waals surface area contributed by atoms with Crippen molar-refractivity contribution in [2.24, 2.45) is 0 Å². The van der Waals surface area contributed by atoms with E-state index in [2.05, 4.69) is 5.32 Å². The number of methoxy groups -OCH3 is 1. The van der Waals surface area contributed by atoms with E-state index in [1.165, 1.54) is 11.3 Å². The molecule has 3 aromatic carbocycles. The zero-order valence-corrected chi connectivity index (χ0v) is 16.1. The first kappa shape index (κ1) is 17.9. The number of hydrogen-bond acceptors (Lipinski definition) is 4. The SMILES string of the molecule is COc1cccc(NC(=O)c2sc(-c3ccccc3)nc2-c2ccccc2)c1. The number of nitrogens with zero attached hydrogens (tertiary/aromatic N) is 1. The van der Waals surface area contributed by atoms with Crippen molar-refractivity contribution in [2.45, 2.75) is 0 Å². The Morgan fingerprint density at radius 2 is 1.57 bits per heavy atom. The van der Waals surface area contributed by atoms with Crippen LogP contribution in [-0.2, 0) is 0 Å². The van der Waals surface area contributed by atoms with Gasteiger partial charge in [0.15, 0.2) is 0 Å². The largest absolute Gasteiger partial charge is 0.497 e. The number of hydrogen-bond donors (Lipinski definition) is 1. The second-order valence-electron chi connectivity index (χ2n) is 6.11. The highest BCUT2D eigenvalue weighted by atomic mass is 32.1. The van der Waals surface area contributed by atoms with Gasteiger partial charge in [0.25, 0.3) is 5.91 Å². The molecule has 1 amide bonds. The van der Waals surface area contributed by atoms with Gasteiger partial charge in [0.2, 0.25) is 0 Å². The maximum absolute atomic E-state index is 13.1. The van der Waals surface area contributed by atoms with Gasteiger partial charge in [0.1, 0.15) is 15.6 Å². The van der Waals surface area contributed by atoms with Gasteiger partial charge in [0.05, 0.1) is 12.8 Å². The maximum Gasteiger partial charge on any atom is 0.268 e. The van der Waals surface area contributed by atoms with Crippen molar-refractivity contribution in [1.82, 2.24) is 4.98 Å². The van der Waals surface area contributed by atoms with E-state index in [1.54, 1.807) is 13.2 Å². The molecule has 0 bridgehead atoms. The van der Waals surface area contributed by atoms with E-state index in [0.29, 0.717) is 22.0 Å². The van der Waals surface area contributed by atoms with Gasteiger partial charge in [-0.15, -0.1) is 11.3 Å². The highest BCUT2D eigenvalue weighted by Gasteiger charge is 2.20. The monoisotopic (exact) mass is 386 g/mol. The van der Waals surface area contributed by atoms with Crippen LogP contribution in [0.3, 0.4) is 0 Å². The molecule has 0 atom stereocenters. The van der Waals surface area contributed by atoms with Crippen molar-refractivity contribution in [3.63, 3.8) is 0 Å². The number of carbonyl (C=O) groups is 1. The number of thiazole rings is 1. The summed E-state index contributed by atoms with van der Waals surface area (Å²) in [6.45, 7) is 0. The molecule has 138 valence electrons. The smallest absolute Gasteiger partial charge is 0.268 e. The van der Waals surface area contributed by atoms with Crippen LogP contribution in [0, 0.1) is 0 Å². The van der Waals surface area contributed by atoms with Crippen LogP contribution in [-0.4, -0.2) is 18.0 Å². The molecule has 0 fully saturated rings. The van der Waals surface area contributed by atoms with Gasteiger partial charge in [-0.3, -0.25) is 4.79 Å². The molecule has 1 N–H and O–H groups in total. The van der Waals surface area contributed by atoms with Crippen molar-refractivity contribution >= 4 is 22.9 Å². The summed E-state index contributed by atoms with van der Waals surface area (Å²) in [5.74, 6) is 0.502. The quantitative estimate of drug-likeness (QED) is 0.476. The number of carbonyl (C=O) groups excluding carboxylic acids is 1. The lowest BCUT2D eigenvalue weighted by atomic mass is 10.1. The number of nitrogens with one attached hydrogen (secondary N) is 1. The number of ether oxygens (including phenoxy) is 1. The van der Waals surface area contributed by atoms with Gasteiger partial charge in [0, 0.05) is 22.9 Å². The number of benzene rings is 3. The summed E-state index contributed by atoms with van der Waals surface area (Å²) in [5.41, 5.74) is 3.27. The van der Waals surface area contributed by atoms with Crippen LogP contribution in [0.15, 0.2) is 84.9 Å². The Labute approximate surface area is 167 Å². The summed E-state index contributed by atoms with van der Waals surface area (Å²) in [4.78, 5) is 18.4. The van der Waals surface area contributed by atoms with Crippen LogP contribution >= 0.6 is 11.3 Å². The molecule has 0 spiro atoms. The van der Waals surface area contributed by atoms with Crippen LogP contribution in [0.5, 0.6) is 5.75 Å². The molecule has 0 radical (unpaired) electrons. The van der Waals surface area contributed by atoms with Crippen molar-refractivity contribution in [1.29, 1.82) is 0 Å². The molecular formula is C23H18N2O2S. The standard InChI is InChI=1S/C23H18N2O2S/c1-27-19-14-8-13-18(15-19)24-22(26)21-20(16-9-4-2-5-10-16)25-23(28-21)17-11-6-3-7-12-17/h2-15H,1H3,(H,24,26). The van der Waals surface area contributed by atoms with E-state index in [9.17, 15) is 4.79 Å². The Bertz CT molecular complexity index is 1090. The lowest BCUT2D eigenvalue weighted by Crippen LogP contribution is -2.11. The first-order chi connectivity index (χ1) is 13.7. The average molecular weight is 386 g/mol. The van der Waals surface area contributed by atoms with E-state index in [-0.39, 0.29) is 5.91 Å². The van der Waals surface area contributed by atoms with Gasteiger partial charge in [-0.1, -0.05) is 66.7 Å². The Balaban J connectivity index is 1.74. The topological polar surface area (TPSA) is 51.2 Å². The summed E-state index contributed by atoms with van der Waals surface area (Å²) in [6.07, 6.45) is 0. The Morgan fingerprint density at radius 1 is 0.893 bits per heavy atom. The van der Waals surface area contributed by atoms with Crippen molar-refractivity contribution in [3.05, 3.63) is 89.8 Å². The van der Waals surface area contributed by atoms with Gasteiger partial charge in [-0.25, -0.2) is 4.98 Å². The zero-order valence-electron chi connectivity index (χ0n) is 15.3. The molecule has 0 aliphatic carbocycles. The summed E-state index contributed by atoms with van der Waals surface area (Å²) in [5, 5.41) is 3.77. The van der Waals surface area contributed by atoms with Gasteiger partial charge in [-0.05, 0) is 12.1 Å². The molecule has 4 nitrogen and oxygen atoms in total. The van der Waals surface area contributed by atoms with E-state index < -0.39 is 0 Å². The molecule has 0 aliphatic heterocycles. The third-order valence-electron chi connectivity index (χ3n) is 4.23. The Kier molecular flexibility index (Phi) is 5.17. The first-order valence-electron chi connectivity index (χ1n) is 8.81. The van der Waals surface area contributed by atoms with Crippen LogP contribution in [0.1, 0.15) is 9.67 Å². The van der Waals surface area contributed by atoms with E-state index in [0.717, 1.165) is 16.1 Å². The minimum absolute atomic E-state index is 0.188. The molecule has 5 heteroatoms. The summed E-state index contributed by atoms with van der Waals surface area (Å²) < 4.78 is 5.24. The van der Waals surface area contributed by atoms with Crippen LogP contribution in [0.4, 0.5) is 5.69 Å². The second-order valence-corrected chi connectivity index (χ2v) is 7.11. The van der Waals surface area contributed by atoms with Crippen molar-refractivity contribution in [3.8, 4) is 27.6 Å². The fraction of sp³-hybridized carbons (Fsp3) is 0.0435. The molecular weight excluding hydrogens is 368 g/mol. The third-order valence-corrected chi connectivity index (χ3v) is 5.33. The molecule has 0 saturated carbocycles. The van der Waals surface area contributed by atoms with Crippen LogP contribution in [0.25, 0.3) is 21.8 Å². The highest BCUT2D eigenvalue weighted by Crippen LogP contribution is 2.34. The van der Waals surface area contributed by atoms with Crippen molar-refractivity contribution in [2.75, 3.05) is 12.4 Å². The molecule has 1 heterocycles. The second kappa shape index (κ2) is 8.06. The van der Waals surface area contributed by atoms with Crippen LogP contribution in [0.2, 0.25) is 0 Å². The fourth-order valence-corrected chi connectivity index (χ4v) is 3.85. The molecule has 4 rings (SSSR count). The molecule has 0 aliphatic rings. The molecule has 28 heavy (non-hydrogen) atoms. The normalized spacial score (nSPS) is 10.5. The van der Waals surface area contributed by atoms with Gasteiger partial charge in [-0.2, -0.15) is 0 Å². The Hall–Kier alpha value is -3.44. The average Bonchev–Trinajstić information content (AvgIpc) is 3.21. The van der Waals surface area contributed by atoms with Crippen LogP contribution < -0.4 is 10.1 Å². The summed E-state index contributed by atoms with van der Waals surface area (Å²) >= 11 is 1.39. The number of rotatable bonds is 5. The minimum Gasteiger partial charge on any atom is -0.497 e. The first-order valence-corrected chi connectivity index (χ1v) is 9.63. The fourth-order valence-electron chi connectivity index (χ4n) is 2.86. The third kappa shape index (κ3) is 3.80.